The van der Waals surface area contributed by atoms with Gasteiger partial charge in [0.05, 0.1) is 11.6 Å². The quantitative estimate of drug-likeness (QED) is 0.872. The van der Waals surface area contributed by atoms with E-state index in [1.54, 1.807) is 0 Å². The first kappa shape index (κ1) is 16.0. The molecule has 1 atom stereocenters. The Kier molecular flexibility index (Phi) is 5.37. The van der Waals surface area contributed by atoms with Crippen molar-refractivity contribution in [3.05, 3.63) is 35.9 Å². The van der Waals surface area contributed by atoms with Gasteiger partial charge in [0, 0.05) is 6.54 Å². The SMILES string of the molecule is CN(C)CC(NC(=O)C1(N)CCCCC1)c1ccccc1. The predicted molar refractivity (Wildman–Crippen MR) is 85.9 cm³/mol. The third kappa shape index (κ3) is 4.29. The molecule has 1 fully saturated rings. The van der Waals surface area contributed by atoms with E-state index in [0.29, 0.717) is 0 Å². The van der Waals surface area contributed by atoms with Gasteiger partial charge in [-0.25, -0.2) is 0 Å². The Hall–Kier alpha value is -1.39. The Morgan fingerprint density at radius 1 is 1.24 bits per heavy atom. The number of carbonyl (C=O) groups is 1. The molecule has 3 N–H and O–H groups in total. The summed E-state index contributed by atoms with van der Waals surface area (Å²) in [7, 11) is 4.03. The standard InChI is InChI=1S/C17H27N3O/c1-20(2)13-15(14-9-5-3-6-10-14)19-16(21)17(18)11-7-4-8-12-17/h3,5-6,9-10,15H,4,7-8,11-13,18H2,1-2H3,(H,19,21). The zero-order valence-corrected chi connectivity index (χ0v) is 13.1. The lowest BCUT2D eigenvalue weighted by atomic mass is 9.81. The van der Waals surface area contributed by atoms with Crippen LogP contribution in [0.3, 0.4) is 0 Å². The number of carbonyl (C=O) groups excluding carboxylic acids is 1. The van der Waals surface area contributed by atoms with Crippen molar-refractivity contribution in [2.75, 3.05) is 20.6 Å². The van der Waals surface area contributed by atoms with Gasteiger partial charge in [-0.1, -0.05) is 49.6 Å². The lowest BCUT2D eigenvalue weighted by Crippen LogP contribution is -2.56. The van der Waals surface area contributed by atoms with Crippen molar-refractivity contribution in [1.29, 1.82) is 0 Å². The summed E-state index contributed by atoms with van der Waals surface area (Å²) in [5.74, 6) is -0.00194. The average molecular weight is 289 g/mol. The summed E-state index contributed by atoms with van der Waals surface area (Å²) >= 11 is 0. The number of nitrogens with zero attached hydrogens (tertiary/aromatic N) is 1. The van der Waals surface area contributed by atoms with Crippen molar-refractivity contribution in [3.8, 4) is 0 Å². The van der Waals surface area contributed by atoms with Crippen LogP contribution in [0.4, 0.5) is 0 Å². The van der Waals surface area contributed by atoms with E-state index in [-0.39, 0.29) is 11.9 Å². The van der Waals surface area contributed by atoms with Crippen LogP contribution in [0.15, 0.2) is 30.3 Å². The molecule has 1 unspecified atom stereocenters. The third-order valence-corrected chi connectivity index (χ3v) is 4.25. The molecule has 1 amide bonds. The van der Waals surface area contributed by atoms with Crippen LogP contribution in [0.25, 0.3) is 0 Å². The molecule has 0 heterocycles. The van der Waals surface area contributed by atoms with Gasteiger partial charge in [-0.3, -0.25) is 4.79 Å². The molecule has 0 bridgehead atoms. The number of nitrogens with one attached hydrogen (secondary N) is 1. The Morgan fingerprint density at radius 3 is 2.43 bits per heavy atom. The fraction of sp³-hybridized carbons (Fsp3) is 0.588. The summed E-state index contributed by atoms with van der Waals surface area (Å²) in [5, 5.41) is 3.17. The molecule has 2 rings (SSSR count). The molecular weight excluding hydrogens is 262 g/mol. The topological polar surface area (TPSA) is 58.4 Å². The summed E-state index contributed by atoms with van der Waals surface area (Å²) in [6.07, 6.45) is 4.87. The Labute approximate surface area is 127 Å². The third-order valence-electron chi connectivity index (χ3n) is 4.25. The van der Waals surface area contributed by atoms with Crippen molar-refractivity contribution in [1.82, 2.24) is 10.2 Å². The lowest BCUT2D eigenvalue weighted by Gasteiger charge is -2.34. The summed E-state index contributed by atoms with van der Waals surface area (Å²) in [5.41, 5.74) is 6.78. The molecule has 1 aromatic rings. The highest BCUT2D eigenvalue weighted by molar-refractivity contribution is 5.86. The minimum absolute atomic E-state index is 0.00194. The number of hydrogen-bond donors (Lipinski definition) is 2. The highest BCUT2D eigenvalue weighted by Gasteiger charge is 2.36. The Morgan fingerprint density at radius 2 is 1.86 bits per heavy atom. The van der Waals surface area contributed by atoms with Gasteiger partial charge in [0.1, 0.15) is 0 Å². The second kappa shape index (κ2) is 7.05. The first-order chi connectivity index (χ1) is 10.0. The predicted octanol–water partition coefficient (Wildman–Crippen LogP) is 2.07. The molecule has 0 aliphatic heterocycles. The van der Waals surface area contributed by atoms with Crippen LogP contribution in [0, 0.1) is 0 Å². The van der Waals surface area contributed by atoms with Gasteiger partial charge in [-0.15, -0.1) is 0 Å². The van der Waals surface area contributed by atoms with Gasteiger partial charge in [0.25, 0.3) is 0 Å². The van der Waals surface area contributed by atoms with Crippen molar-refractivity contribution in [3.63, 3.8) is 0 Å². The van der Waals surface area contributed by atoms with Gasteiger partial charge in [-0.05, 0) is 32.5 Å². The van der Waals surface area contributed by atoms with E-state index in [9.17, 15) is 4.79 Å². The fourth-order valence-corrected chi connectivity index (χ4v) is 3.00. The van der Waals surface area contributed by atoms with E-state index < -0.39 is 5.54 Å². The second-order valence-electron chi connectivity index (χ2n) is 6.42. The molecule has 1 aliphatic carbocycles. The minimum atomic E-state index is -0.683. The normalized spacial score (nSPS) is 19.2. The fourth-order valence-electron chi connectivity index (χ4n) is 3.00. The summed E-state index contributed by atoms with van der Waals surface area (Å²) in [6.45, 7) is 0.770. The molecule has 116 valence electrons. The molecular formula is C17H27N3O. The van der Waals surface area contributed by atoms with Crippen LogP contribution < -0.4 is 11.1 Å². The molecule has 0 saturated heterocycles. The molecule has 4 heteroatoms. The van der Waals surface area contributed by atoms with Gasteiger partial charge >= 0.3 is 0 Å². The number of likely N-dealkylation sites (N-methyl/N-ethyl adjacent to an activating group) is 1. The van der Waals surface area contributed by atoms with Gasteiger partial charge in [0.15, 0.2) is 0 Å². The first-order valence-electron chi connectivity index (χ1n) is 7.81. The molecule has 0 radical (unpaired) electrons. The van der Waals surface area contributed by atoms with Crippen LogP contribution in [-0.2, 0) is 4.79 Å². The smallest absolute Gasteiger partial charge is 0.240 e. The van der Waals surface area contributed by atoms with Gasteiger partial charge < -0.3 is 16.0 Å². The zero-order valence-electron chi connectivity index (χ0n) is 13.1. The van der Waals surface area contributed by atoms with E-state index in [0.717, 1.165) is 37.8 Å². The summed E-state index contributed by atoms with van der Waals surface area (Å²) < 4.78 is 0. The van der Waals surface area contributed by atoms with E-state index in [1.165, 1.54) is 6.42 Å². The van der Waals surface area contributed by atoms with Crippen molar-refractivity contribution >= 4 is 5.91 Å². The zero-order chi connectivity index (χ0) is 15.3. The van der Waals surface area contributed by atoms with E-state index >= 15 is 0 Å². The molecule has 1 aromatic carbocycles. The van der Waals surface area contributed by atoms with Crippen molar-refractivity contribution in [2.45, 2.75) is 43.7 Å². The van der Waals surface area contributed by atoms with Crippen molar-refractivity contribution < 1.29 is 4.79 Å². The average Bonchev–Trinajstić information content (AvgIpc) is 2.47. The summed E-state index contributed by atoms with van der Waals surface area (Å²) in [4.78, 5) is 14.7. The minimum Gasteiger partial charge on any atom is -0.346 e. The van der Waals surface area contributed by atoms with Crippen LogP contribution >= 0.6 is 0 Å². The number of hydrogen-bond acceptors (Lipinski definition) is 3. The van der Waals surface area contributed by atoms with E-state index in [2.05, 4.69) is 22.3 Å². The molecule has 21 heavy (non-hydrogen) atoms. The van der Waals surface area contributed by atoms with Crippen molar-refractivity contribution in [2.24, 2.45) is 5.73 Å². The van der Waals surface area contributed by atoms with Gasteiger partial charge in [0.2, 0.25) is 5.91 Å². The molecule has 1 saturated carbocycles. The number of benzene rings is 1. The summed E-state index contributed by atoms with van der Waals surface area (Å²) in [6, 6.07) is 10.1. The van der Waals surface area contributed by atoms with Crippen LogP contribution in [-0.4, -0.2) is 37.0 Å². The molecule has 0 spiro atoms. The number of nitrogens with two attached hydrogens (primary N) is 1. The maximum Gasteiger partial charge on any atom is 0.240 e. The highest BCUT2D eigenvalue weighted by atomic mass is 16.2. The molecule has 4 nitrogen and oxygen atoms in total. The Bertz CT molecular complexity index is 452. The number of rotatable bonds is 5. The first-order valence-corrected chi connectivity index (χ1v) is 7.81. The maximum atomic E-state index is 12.6. The lowest BCUT2D eigenvalue weighted by molar-refractivity contribution is -0.128. The second-order valence-corrected chi connectivity index (χ2v) is 6.42. The molecule has 1 aliphatic rings. The van der Waals surface area contributed by atoms with Crippen LogP contribution in [0.1, 0.15) is 43.7 Å². The van der Waals surface area contributed by atoms with E-state index in [1.807, 2.05) is 32.3 Å². The highest BCUT2D eigenvalue weighted by Crippen LogP contribution is 2.27. The maximum absolute atomic E-state index is 12.6. The van der Waals surface area contributed by atoms with E-state index in [4.69, 9.17) is 5.73 Å². The largest absolute Gasteiger partial charge is 0.346 e. The molecule has 0 aromatic heterocycles. The van der Waals surface area contributed by atoms with Crippen LogP contribution in [0.5, 0.6) is 0 Å². The monoisotopic (exact) mass is 289 g/mol. The van der Waals surface area contributed by atoms with Crippen LogP contribution in [0.2, 0.25) is 0 Å². The van der Waals surface area contributed by atoms with Gasteiger partial charge in [-0.2, -0.15) is 0 Å². The number of amides is 1. The Balaban J connectivity index is 2.09.